The van der Waals surface area contributed by atoms with Gasteiger partial charge >= 0.3 is 5.97 Å². The van der Waals surface area contributed by atoms with E-state index in [0.717, 1.165) is 0 Å². The van der Waals surface area contributed by atoms with Crippen LogP contribution in [-0.4, -0.2) is 34.5 Å². The van der Waals surface area contributed by atoms with E-state index in [1.165, 1.54) is 25.3 Å². The lowest BCUT2D eigenvalue weighted by molar-refractivity contribution is 0.0692. The van der Waals surface area contributed by atoms with Crippen LogP contribution in [0.4, 0.5) is 4.39 Å². The first kappa shape index (κ1) is 22.8. The highest BCUT2D eigenvalue weighted by atomic mass is 35.5. The third-order valence-electron chi connectivity index (χ3n) is 5.41. The number of carbonyl (C=O) groups is 1. The summed E-state index contributed by atoms with van der Waals surface area (Å²) in [7, 11) is 1.48. The number of carboxylic acid groups (broad SMARTS) is 1. The molecule has 8 heteroatoms. The van der Waals surface area contributed by atoms with Crippen molar-refractivity contribution in [2.45, 2.75) is 26.3 Å². The molecule has 0 saturated carbocycles. The number of carboxylic acids is 1. The van der Waals surface area contributed by atoms with Gasteiger partial charge in [-0.15, -0.1) is 0 Å². The highest BCUT2D eigenvalue weighted by Gasteiger charge is 2.28. The van der Waals surface area contributed by atoms with Crippen molar-refractivity contribution in [2.24, 2.45) is 5.92 Å². The van der Waals surface area contributed by atoms with Crippen molar-refractivity contribution in [2.75, 3.05) is 13.7 Å². The predicted molar refractivity (Wildman–Crippen MR) is 117 cm³/mol. The lowest BCUT2D eigenvalue weighted by atomic mass is 9.97. The molecule has 1 aromatic heterocycles. The summed E-state index contributed by atoms with van der Waals surface area (Å²) in [5.74, 6) is -1.76. The first-order valence-electron chi connectivity index (χ1n) is 9.73. The molecule has 0 aliphatic rings. The molecule has 0 saturated heterocycles. The zero-order valence-electron chi connectivity index (χ0n) is 17.4. The molecule has 0 aliphatic heterocycles. The van der Waals surface area contributed by atoms with E-state index in [1.807, 2.05) is 13.8 Å². The second kappa shape index (κ2) is 9.08. The van der Waals surface area contributed by atoms with Crippen molar-refractivity contribution in [3.05, 3.63) is 74.3 Å². The smallest absolute Gasteiger partial charge is 0.341 e. The van der Waals surface area contributed by atoms with Crippen molar-refractivity contribution >= 4 is 28.5 Å². The average Bonchev–Trinajstić information content (AvgIpc) is 2.73. The Morgan fingerprint density at radius 2 is 1.97 bits per heavy atom. The summed E-state index contributed by atoms with van der Waals surface area (Å²) in [6, 6.07) is 8.55. The fraction of sp³-hybridized carbons (Fsp3) is 0.304. The molecule has 164 valence electrons. The fourth-order valence-electron chi connectivity index (χ4n) is 3.79. The van der Waals surface area contributed by atoms with E-state index in [4.69, 9.17) is 16.3 Å². The standard InChI is InChI=1S/C23H23ClFNO5/c1-12(2)19(11-27)26-17-10-14(31-3)7-8-15(17)22(28)20(23(29)30)18(26)9-13-5-4-6-16(24)21(13)25/h4-8,10,12,19,27H,9,11H2,1-3H3,(H,29,30). The molecule has 3 aromatic rings. The first-order chi connectivity index (χ1) is 14.7. The number of hydrogen-bond acceptors (Lipinski definition) is 4. The Balaban J connectivity index is 2.49. The molecule has 3 rings (SSSR count). The van der Waals surface area contributed by atoms with Gasteiger partial charge in [-0.1, -0.05) is 37.6 Å². The summed E-state index contributed by atoms with van der Waals surface area (Å²) >= 11 is 5.91. The summed E-state index contributed by atoms with van der Waals surface area (Å²) in [5.41, 5.74) is -0.507. The van der Waals surface area contributed by atoms with E-state index in [-0.39, 0.29) is 40.6 Å². The van der Waals surface area contributed by atoms with E-state index >= 15 is 0 Å². The SMILES string of the molecule is COc1ccc2c(=O)c(C(=O)O)c(Cc3cccc(Cl)c3F)n(C(CO)C(C)C)c2c1. The number of nitrogens with zero attached hydrogens (tertiary/aromatic N) is 1. The van der Waals surface area contributed by atoms with Crippen LogP contribution in [0.3, 0.4) is 0 Å². The lowest BCUT2D eigenvalue weighted by Crippen LogP contribution is -2.30. The van der Waals surface area contributed by atoms with E-state index in [9.17, 15) is 24.2 Å². The van der Waals surface area contributed by atoms with Crippen molar-refractivity contribution in [1.29, 1.82) is 0 Å². The maximum atomic E-state index is 14.7. The number of benzene rings is 2. The number of rotatable bonds is 7. The molecule has 1 atom stereocenters. The Labute approximate surface area is 183 Å². The Morgan fingerprint density at radius 1 is 1.26 bits per heavy atom. The average molecular weight is 448 g/mol. The molecule has 0 spiro atoms. The molecule has 6 nitrogen and oxygen atoms in total. The number of pyridine rings is 1. The van der Waals surface area contributed by atoms with E-state index in [1.54, 1.807) is 22.8 Å². The molecule has 2 N–H and O–H groups in total. The summed E-state index contributed by atoms with van der Waals surface area (Å²) in [5, 5.41) is 20.1. The van der Waals surface area contributed by atoms with E-state index in [2.05, 4.69) is 0 Å². The molecule has 1 unspecified atom stereocenters. The first-order valence-corrected chi connectivity index (χ1v) is 10.1. The Morgan fingerprint density at radius 3 is 2.55 bits per heavy atom. The number of aliphatic hydroxyl groups excluding tert-OH is 1. The van der Waals surface area contributed by atoms with Crippen LogP contribution >= 0.6 is 11.6 Å². The normalized spacial score (nSPS) is 12.4. The van der Waals surface area contributed by atoms with Gasteiger partial charge in [-0.2, -0.15) is 0 Å². The minimum Gasteiger partial charge on any atom is -0.497 e. The van der Waals surface area contributed by atoms with Gasteiger partial charge in [0.25, 0.3) is 0 Å². The second-order valence-electron chi connectivity index (χ2n) is 7.59. The number of fused-ring (bicyclic) bond motifs is 1. The maximum Gasteiger partial charge on any atom is 0.341 e. The molecule has 0 amide bonds. The molecular weight excluding hydrogens is 425 g/mol. The Bertz CT molecular complexity index is 1200. The summed E-state index contributed by atoms with van der Waals surface area (Å²) < 4.78 is 21.6. The Kier molecular flexibility index (Phi) is 6.67. The van der Waals surface area contributed by atoms with Gasteiger partial charge in [-0.05, 0) is 29.7 Å². The van der Waals surface area contributed by atoms with Crippen molar-refractivity contribution in [1.82, 2.24) is 4.57 Å². The summed E-state index contributed by atoms with van der Waals surface area (Å²) in [6.45, 7) is 3.43. The third kappa shape index (κ3) is 4.16. The van der Waals surface area contributed by atoms with Crippen molar-refractivity contribution in [3.63, 3.8) is 0 Å². The molecule has 0 bridgehead atoms. The fourth-order valence-corrected chi connectivity index (χ4v) is 3.98. The van der Waals surface area contributed by atoms with Gasteiger partial charge in [0.15, 0.2) is 0 Å². The molecular formula is C23H23ClFNO5. The van der Waals surface area contributed by atoms with Crippen LogP contribution in [-0.2, 0) is 6.42 Å². The number of halogens is 2. The number of methoxy groups -OCH3 is 1. The third-order valence-corrected chi connectivity index (χ3v) is 5.70. The van der Waals surface area contributed by atoms with Gasteiger partial charge in [-0.25, -0.2) is 9.18 Å². The second-order valence-corrected chi connectivity index (χ2v) is 8.00. The number of aromatic nitrogens is 1. The zero-order valence-corrected chi connectivity index (χ0v) is 18.1. The lowest BCUT2D eigenvalue weighted by Gasteiger charge is -2.29. The maximum absolute atomic E-state index is 14.7. The van der Waals surface area contributed by atoms with Gasteiger partial charge in [0, 0.05) is 23.6 Å². The molecule has 0 radical (unpaired) electrons. The molecule has 0 fully saturated rings. The number of ether oxygens (including phenoxy) is 1. The molecule has 2 aromatic carbocycles. The molecule has 1 heterocycles. The number of aliphatic hydroxyl groups is 1. The highest BCUT2D eigenvalue weighted by Crippen LogP contribution is 2.31. The zero-order chi connectivity index (χ0) is 22.9. The topological polar surface area (TPSA) is 88.8 Å². The van der Waals surface area contributed by atoms with Crippen LogP contribution in [0.25, 0.3) is 10.9 Å². The van der Waals surface area contributed by atoms with Gasteiger partial charge in [0.1, 0.15) is 17.1 Å². The van der Waals surface area contributed by atoms with Crippen LogP contribution in [0, 0.1) is 11.7 Å². The largest absolute Gasteiger partial charge is 0.497 e. The van der Waals surface area contributed by atoms with Gasteiger partial charge < -0.3 is 19.5 Å². The Hall–Kier alpha value is -2.90. The molecule has 31 heavy (non-hydrogen) atoms. The number of aromatic carboxylic acids is 1. The summed E-state index contributed by atoms with van der Waals surface area (Å²) in [6.07, 6.45) is -0.195. The van der Waals surface area contributed by atoms with Crippen LogP contribution in [0.2, 0.25) is 5.02 Å². The predicted octanol–water partition coefficient (Wildman–Crippen LogP) is 4.28. The van der Waals surface area contributed by atoms with Gasteiger partial charge in [-0.3, -0.25) is 4.79 Å². The molecule has 0 aliphatic carbocycles. The monoisotopic (exact) mass is 447 g/mol. The van der Waals surface area contributed by atoms with Crippen LogP contribution in [0.1, 0.15) is 41.5 Å². The van der Waals surface area contributed by atoms with Crippen LogP contribution in [0.5, 0.6) is 5.75 Å². The minimum absolute atomic E-state index is 0.0900. The van der Waals surface area contributed by atoms with Gasteiger partial charge in [0.2, 0.25) is 5.43 Å². The van der Waals surface area contributed by atoms with Gasteiger partial charge in [0.05, 0.1) is 30.3 Å². The summed E-state index contributed by atoms with van der Waals surface area (Å²) in [4.78, 5) is 25.3. The highest BCUT2D eigenvalue weighted by molar-refractivity contribution is 6.30. The van der Waals surface area contributed by atoms with Crippen molar-refractivity contribution in [3.8, 4) is 5.75 Å². The van der Waals surface area contributed by atoms with Crippen LogP contribution in [0.15, 0.2) is 41.2 Å². The van der Waals surface area contributed by atoms with Crippen molar-refractivity contribution < 1.29 is 24.1 Å². The quantitative estimate of drug-likeness (QED) is 0.564. The van der Waals surface area contributed by atoms with Crippen LogP contribution < -0.4 is 10.2 Å². The van der Waals surface area contributed by atoms with E-state index < -0.39 is 28.8 Å². The minimum atomic E-state index is -1.42. The number of hydrogen-bond donors (Lipinski definition) is 2. The van der Waals surface area contributed by atoms with E-state index in [0.29, 0.717) is 11.3 Å².